The van der Waals surface area contributed by atoms with Gasteiger partial charge in [-0.25, -0.2) is 0 Å². The van der Waals surface area contributed by atoms with E-state index in [-0.39, 0.29) is 23.7 Å². The lowest BCUT2D eigenvalue weighted by molar-refractivity contribution is -0.142. The number of hydrogen-bond acceptors (Lipinski definition) is 4. The third kappa shape index (κ3) is 7.78. The van der Waals surface area contributed by atoms with Gasteiger partial charge >= 0.3 is 0 Å². The first-order valence-corrected chi connectivity index (χ1v) is 14.3. The number of nitrogens with zero attached hydrogens (tertiary/aromatic N) is 2. The number of likely N-dealkylation sites (tertiary alicyclic amines) is 1. The summed E-state index contributed by atoms with van der Waals surface area (Å²) in [4.78, 5) is 31.5. The van der Waals surface area contributed by atoms with Gasteiger partial charge in [0.1, 0.15) is 5.78 Å². The molecule has 0 aromatic heterocycles. The molecule has 0 aromatic rings. The maximum atomic E-state index is 13.9. The van der Waals surface area contributed by atoms with Crippen molar-refractivity contribution in [1.82, 2.24) is 15.1 Å². The fraction of sp³-hybridized carbons (Fsp3) is 0.929. The summed E-state index contributed by atoms with van der Waals surface area (Å²) < 4.78 is 0. The molecule has 2 aliphatic carbocycles. The lowest BCUT2D eigenvalue weighted by Gasteiger charge is -2.36. The molecule has 1 N–H and O–H groups in total. The zero-order chi connectivity index (χ0) is 23.6. The second kappa shape index (κ2) is 13.8. The number of rotatable bonds is 12. The minimum atomic E-state index is -0.173. The summed E-state index contributed by atoms with van der Waals surface area (Å²) in [5.74, 6) is 1.65. The highest BCUT2D eigenvalue weighted by Crippen LogP contribution is 2.35. The maximum Gasteiger partial charge on any atom is 0.226 e. The minimum absolute atomic E-state index is 0.119. The average Bonchev–Trinajstić information content (AvgIpc) is 3.33. The number of carbonyl (C=O) groups excluding carboxylic acids is 2. The maximum absolute atomic E-state index is 13.9. The van der Waals surface area contributed by atoms with Gasteiger partial charge in [0.05, 0.1) is 6.04 Å². The van der Waals surface area contributed by atoms with Crippen molar-refractivity contribution in [3.63, 3.8) is 0 Å². The molecule has 5 nitrogen and oxygen atoms in total. The van der Waals surface area contributed by atoms with Crippen molar-refractivity contribution in [2.45, 2.75) is 116 Å². The van der Waals surface area contributed by atoms with E-state index in [1.807, 2.05) is 14.0 Å². The Morgan fingerprint density at radius 1 is 0.970 bits per heavy atom. The van der Waals surface area contributed by atoms with Crippen LogP contribution in [0.2, 0.25) is 0 Å². The van der Waals surface area contributed by atoms with Gasteiger partial charge in [-0.15, -0.1) is 0 Å². The van der Waals surface area contributed by atoms with Gasteiger partial charge in [0.15, 0.2) is 0 Å². The summed E-state index contributed by atoms with van der Waals surface area (Å²) in [6, 6.07) is 0.153. The van der Waals surface area contributed by atoms with Gasteiger partial charge in [-0.1, -0.05) is 58.3 Å². The Hall–Kier alpha value is -0.940. The number of carbonyl (C=O) groups is 2. The Kier molecular flexibility index (Phi) is 11.2. The van der Waals surface area contributed by atoms with Gasteiger partial charge in [0.2, 0.25) is 5.91 Å². The highest BCUT2D eigenvalue weighted by Gasteiger charge is 2.39. The molecule has 1 amide bonds. The zero-order valence-electron chi connectivity index (χ0n) is 21.8. The Morgan fingerprint density at radius 3 is 2.27 bits per heavy atom. The molecule has 33 heavy (non-hydrogen) atoms. The summed E-state index contributed by atoms with van der Waals surface area (Å²) >= 11 is 0. The summed E-state index contributed by atoms with van der Waals surface area (Å²) in [7, 11) is 1.84. The molecule has 1 heterocycles. The van der Waals surface area contributed by atoms with Crippen molar-refractivity contribution >= 4 is 11.7 Å². The van der Waals surface area contributed by atoms with Gasteiger partial charge in [0, 0.05) is 31.5 Å². The molecule has 1 aliphatic heterocycles. The van der Waals surface area contributed by atoms with Crippen LogP contribution in [0.15, 0.2) is 0 Å². The van der Waals surface area contributed by atoms with Crippen LogP contribution in [-0.4, -0.2) is 66.8 Å². The van der Waals surface area contributed by atoms with Crippen LogP contribution in [0.4, 0.5) is 0 Å². The number of likely N-dealkylation sites (N-methyl/N-ethyl adjacent to an activating group) is 2. The monoisotopic (exact) mass is 461 g/mol. The summed E-state index contributed by atoms with van der Waals surface area (Å²) in [5, 5.41) is 3.08. The van der Waals surface area contributed by atoms with Crippen LogP contribution in [0, 0.1) is 17.8 Å². The minimum Gasteiger partial charge on any atom is -0.338 e. The first kappa shape index (κ1) is 26.7. The predicted molar refractivity (Wildman–Crippen MR) is 136 cm³/mol. The molecule has 190 valence electrons. The lowest BCUT2D eigenvalue weighted by Crippen LogP contribution is -2.48. The van der Waals surface area contributed by atoms with Crippen molar-refractivity contribution in [2.75, 3.05) is 33.2 Å². The standard InChI is InChI=1S/C28H51N3O2/c1-4-30(19-17-23-12-7-5-8-13-23)21-25-16-11-18-31(25)28(33)26(20-27(32)22(2)29-3)24-14-9-6-10-15-24/h22-26,29H,4-21H2,1-3H3/t22-,25-,26-/m0/s1. The van der Waals surface area contributed by atoms with Gasteiger partial charge < -0.3 is 15.1 Å². The highest BCUT2D eigenvalue weighted by atomic mass is 16.2. The topological polar surface area (TPSA) is 52.7 Å². The molecule has 1 saturated heterocycles. The van der Waals surface area contributed by atoms with Crippen molar-refractivity contribution in [3.8, 4) is 0 Å². The molecule has 0 bridgehead atoms. The Bertz CT molecular complexity index is 598. The van der Waals surface area contributed by atoms with E-state index in [4.69, 9.17) is 0 Å². The smallest absolute Gasteiger partial charge is 0.226 e. The van der Waals surface area contributed by atoms with Crippen molar-refractivity contribution in [2.24, 2.45) is 17.8 Å². The van der Waals surface area contributed by atoms with Crippen LogP contribution in [0.1, 0.15) is 104 Å². The van der Waals surface area contributed by atoms with Gasteiger partial charge in [0.25, 0.3) is 0 Å². The number of nitrogens with one attached hydrogen (secondary N) is 1. The largest absolute Gasteiger partial charge is 0.338 e. The molecule has 3 atom stereocenters. The van der Waals surface area contributed by atoms with E-state index >= 15 is 0 Å². The van der Waals surface area contributed by atoms with E-state index in [0.29, 0.717) is 18.4 Å². The molecule has 0 unspecified atom stereocenters. The van der Waals surface area contributed by atoms with Crippen LogP contribution in [0.25, 0.3) is 0 Å². The van der Waals surface area contributed by atoms with Crippen LogP contribution >= 0.6 is 0 Å². The first-order valence-electron chi connectivity index (χ1n) is 14.3. The van der Waals surface area contributed by atoms with Gasteiger partial charge in [-0.05, 0) is 71.0 Å². The molecule has 0 spiro atoms. The molecular weight excluding hydrogens is 410 g/mol. The molecule has 0 aromatic carbocycles. The molecule has 2 saturated carbocycles. The van der Waals surface area contributed by atoms with E-state index in [1.165, 1.54) is 64.3 Å². The summed E-state index contributed by atoms with van der Waals surface area (Å²) in [5.41, 5.74) is 0. The van der Waals surface area contributed by atoms with Crippen LogP contribution in [0.5, 0.6) is 0 Å². The number of ketones is 1. The number of hydrogen-bond donors (Lipinski definition) is 1. The van der Waals surface area contributed by atoms with Crippen molar-refractivity contribution in [1.29, 1.82) is 0 Å². The molecule has 3 aliphatic rings. The lowest BCUT2D eigenvalue weighted by atomic mass is 9.76. The predicted octanol–water partition coefficient (Wildman–Crippen LogP) is 5.03. The second-order valence-electron chi connectivity index (χ2n) is 11.2. The number of amides is 1. The normalized spacial score (nSPS) is 24.8. The Balaban J connectivity index is 1.61. The van der Waals surface area contributed by atoms with Gasteiger partial charge in [-0.2, -0.15) is 0 Å². The van der Waals surface area contributed by atoms with Crippen LogP contribution in [-0.2, 0) is 9.59 Å². The summed E-state index contributed by atoms with van der Waals surface area (Å²) in [6.07, 6.45) is 16.9. The molecule has 3 fully saturated rings. The van der Waals surface area contributed by atoms with E-state index in [1.54, 1.807) is 0 Å². The SMILES string of the molecule is CCN(CCC1CCCCC1)C[C@@H]1CCCN1C(=O)[C@@H](CC(=O)[C@H](C)NC)C1CCCCC1. The third-order valence-corrected chi connectivity index (χ3v) is 9.03. The molecule has 3 rings (SSSR count). The Morgan fingerprint density at radius 2 is 1.64 bits per heavy atom. The third-order valence-electron chi connectivity index (χ3n) is 9.03. The van der Waals surface area contributed by atoms with Gasteiger partial charge in [-0.3, -0.25) is 9.59 Å². The quantitative estimate of drug-likeness (QED) is 0.443. The van der Waals surface area contributed by atoms with E-state index in [2.05, 4.69) is 22.0 Å². The van der Waals surface area contributed by atoms with Crippen LogP contribution < -0.4 is 5.32 Å². The molecular formula is C28H51N3O2. The summed E-state index contributed by atoms with van der Waals surface area (Å²) in [6.45, 7) is 8.31. The zero-order valence-corrected chi connectivity index (χ0v) is 21.8. The van der Waals surface area contributed by atoms with E-state index in [0.717, 1.165) is 51.2 Å². The number of Topliss-reactive ketones (excluding diaryl/α,β-unsaturated/α-hetero) is 1. The molecule has 5 heteroatoms. The first-order chi connectivity index (χ1) is 16.0. The van der Waals surface area contributed by atoms with Crippen molar-refractivity contribution in [3.05, 3.63) is 0 Å². The van der Waals surface area contributed by atoms with Crippen LogP contribution in [0.3, 0.4) is 0 Å². The average molecular weight is 462 g/mol. The highest BCUT2D eigenvalue weighted by molar-refractivity contribution is 5.90. The molecule has 0 radical (unpaired) electrons. The van der Waals surface area contributed by atoms with E-state index < -0.39 is 0 Å². The Labute approximate surface area is 203 Å². The second-order valence-corrected chi connectivity index (χ2v) is 11.2. The fourth-order valence-corrected chi connectivity index (χ4v) is 6.59. The fourth-order valence-electron chi connectivity index (χ4n) is 6.59. The van der Waals surface area contributed by atoms with E-state index in [9.17, 15) is 9.59 Å². The van der Waals surface area contributed by atoms with Crippen molar-refractivity contribution < 1.29 is 9.59 Å².